The summed E-state index contributed by atoms with van der Waals surface area (Å²) in [6.07, 6.45) is 7.86. The number of fused-ring (bicyclic) bond motifs is 1. The summed E-state index contributed by atoms with van der Waals surface area (Å²) in [4.78, 5) is 0. The highest BCUT2D eigenvalue weighted by molar-refractivity contribution is 5.39. The van der Waals surface area contributed by atoms with E-state index in [9.17, 15) is 0 Å². The molecule has 0 aromatic heterocycles. The van der Waals surface area contributed by atoms with Gasteiger partial charge in [-0.3, -0.25) is 0 Å². The van der Waals surface area contributed by atoms with Crippen molar-refractivity contribution in [2.45, 2.75) is 57.5 Å². The molecule has 1 N–H and O–H groups in total. The second-order valence-electron chi connectivity index (χ2n) is 6.29. The largest absolute Gasteiger partial charge is 0.497 e. The lowest BCUT2D eigenvalue weighted by Gasteiger charge is -2.29. The molecule has 2 aliphatic rings. The summed E-state index contributed by atoms with van der Waals surface area (Å²) in [7, 11) is 1.75. The number of hydrogen-bond donors (Lipinski definition) is 1. The molecule has 0 radical (unpaired) electrons. The van der Waals surface area contributed by atoms with Gasteiger partial charge in [-0.15, -0.1) is 0 Å². The van der Waals surface area contributed by atoms with Gasteiger partial charge in [-0.1, -0.05) is 13.0 Å². The van der Waals surface area contributed by atoms with E-state index in [2.05, 4.69) is 30.4 Å². The van der Waals surface area contributed by atoms with E-state index >= 15 is 0 Å². The van der Waals surface area contributed by atoms with E-state index in [1.807, 2.05) is 0 Å². The van der Waals surface area contributed by atoms with Gasteiger partial charge < -0.3 is 10.1 Å². The van der Waals surface area contributed by atoms with E-state index in [1.165, 1.54) is 49.7 Å². The van der Waals surface area contributed by atoms with Crippen LogP contribution in [0.2, 0.25) is 0 Å². The fourth-order valence-corrected chi connectivity index (χ4v) is 3.73. The monoisotopic (exact) mass is 259 g/mol. The Bertz CT molecular complexity index is 443. The molecule has 2 nitrogen and oxygen atoms in total. The van der Waals surface area contributed by atoms with E-state index in [0.717, 1.165) is 17.7 Å². The van der Waals surface area contributed by atoms with Crippen LogP contribution in [0.25, 0.3) is 0 Å². The first kappa shape index (κ1) is 13.0. The van der Waals surface area contributed by atoms with Crippen molar-refractivity contribution in [3.63, 3.8) is 0 Å². The van der Waals surface area contributed by atoms with Gasteiger partial charge in [-0.25, -0.2) is 0 Å². The maximum Gasteiger partial charge on any atom is 0.119 e. The third-order valence-electron chi connectivity index (χ3n) is 4.80. The second-order valence-corrected chi connectivity index (χ2v) is 6.29. The Balaban J connectivity index is 1.74. The summed E-state index contributed by atoms with van der Waals surface area (Å²) in [5.74, 6) is 1.89. The molecule has 2 heteroatoms. The molecule has 1 fully saturated rings. The highest BCUT2D eigenvalue weighted by Crippen LogP contribution is 2.34. The molecule has 3 atom stereocenters. The summed E-state index contributed by atoms with van der Waals surface area (Å²) in [6.45, 7) is 2.38. The fraction of sp³-hybridized carbons (Fsp3) is 0.647. The first-order valence-electron chi connectivity index (χ1n) is 7.69. The minimum absolute atomic E-state index is 0.560. The van der Waals surface area contributed by atoms with Crippen molar-refractivity contribution in [3.8, 4) is 5.75 Å². The Morgan fingerprint density at radius 2 is 2.11 bits per heavy atom. The topological polar surface area (TPSA) is 21.3 Å². The van der Waals surface area contributed by atoms with Crippen molar-refractivity contribution in [1.29, 1.82) is 0 Å². The van der Waals surface area contributed by atoms with Crippen molar-refractivity contribution in [3.05, 3.63) is 29.3 Å². The molecule has 0 amide bonds. The van der Waals surface area contributed by atoms with Crippen LogP contribution in [-0.4, -0.2) is 13.2 Å². The molecule has 104 valence electrons. The van der Waals surface area contributed by atoms with E-state index in [-0.39, 0.29) is 0 Å². The third-order valence-corrected chi connectivity index (χ3v) is 4.80. The maximum atomic E-state index is 5.34. The van der Waals surface area contributed by atoms with Crippen LogP contribution >= 0.6 is 0 Å². The molecule has 2 aliphatic carbocycles. The standard InChI is InChI=1S/C17H25NO/c1-12-6-7-14(10-12)18-17-5-3-4-13-11-15(19-2)8-9-16(13)17/h8-9,11-12,14,17-18H,3-7,10H2,1-2H3. The van der Waals surface area contributed by atoms with Gasteiger partial charge in [-0.2, -0.15) is 0 Å². The van der Waals surface area contributed by atoms with Crippen LogP contribution in [0.1, 0.15) is 56.2 Å². The normalized spacial score (nSPS) is 30.1. The molecule has 0 aliphatic heterocycles. The molecule has 0 spiro atoms. The van der Waals surface area contributed by atoms with Crippen LogP contribution in [0, 0.1) is 5.92 Å². The maximum absolute atomic E-state index is 5.34. The minimum Gasteiger partial charge on any atom is -0.497 e. The van der Waals surface area contributed by atoms with Gasteiger partial charge in [0, 0.05) is 12.1 Å². The second kappa shape index (κ2) is 5.54. The quantitative estimate of drug-likeness (QED) is 0.890. The molecule has 1 saturated carbocycles. The zero-order valence-corrected chi connectivity index (χ0v) is 12.1. The number of ether oxygens (including phenoxy) is 1. The summed E-state index contributed by atoms with van der Waals surface area (Å²) >= 11 is 0. The number of methoxy groups -OCH3 is 1. The lowest BCUT2D eigenvalue weighted by molar-refractivity contribution is 0.387. The molecule has 1 aromatic carbocycles. The lowest BCUT2D eigenvalue weighted by Crippen LogP contribution is -2.33. The van der Waals surface area contributed by atoms with Gasteiger partial charge in [0.25, 0.3) is 0 Å². The van der Waals surface area contributed by atoms with Gasteiger partial charge >= 0.3 is 0 Å². The Labute approximate surface area is 116 Å². The average Bonchev–Trinajstić information content (AvgIpc) is 2.84. The number of hydrogen-bond acceptors (Lipinski definition) is 2. The van der Waals surface area contributed by atoms with E-state index in [1.54, 1.807) is 7.11 Å². The molecule has 1 aromatic rings. The Kier molecular flexibility index (Phi) is 3.79. The Morgan fingerprint density at radius 1 is 1.21 bits per heavy atom. The summed E-state index contributed by atoms with van der Waals surface area (Å²) < 4.78 is 5.34. The highest BCUT2D eigenvalue weighted by Gasteiger charge is 2.27. The van der Waals surface area contributed by atoms with Crippen LogP contribution in [0.15, 0.2) is 18.2 Å². The first-order valence-corrected chi connectivity index (χ1v) is 7.69. The molecule has 0 heterocycles. The Morgan fingerprint density at radius 3 is 2.84 bits per heavy atom. The van der Waals surface area contributed by atoms with E-state index in [0.29, 0.717) is 6.04 Å². The summed E-state index contributed by atoms with van der Waals surface area (Å²) in [5, 5.41) is 3.90. The predicted molar refractivity (Wildman–Crippen MR) is 78.6 cm³/mol. The molecule has 0 saturated heterocycles. The van der Waals surface area contributed by atoms with E-state index < -0.39 is 0 Å². The predicted octanol–water partition coefficient (Wildman–Crippen LogP) is 3.85. The molecule has 19 heavy (non-hydrogen) atoms. The van der Waals surface area contributed by atoms with Crippen LogP contribution in [0.5, 0.6) is 5.75 Å². The van der Waals surface area contributed by atoms with Crippen molar-refractivity contribution >= 4 is 0 Å². The molecular weight excluding hydrogens is 234 g/mol. The average molecular weight is 259 g/mol. The summed E-state index contributed by atoms with van der Waals surface area (Å²) in [5.41, 5.74) is 2.99. The van der Waals surface area contributed by atoms with Crippen LogP contribution in [-0.2, 0) is 6.42 Å². The number of aryl methyl sites for hydroxylation is 1. The number of nitrogens with one attached hydrogen (secondary N) is 1. The number of benzene rings is 1. The van der Waals surface area contributed by atoms with Crippen molar-refractivity contribution in [2.24, 2.45) is 5.92 Å². The van der Waals surface area contributed by atoms with Gasteiger partial charge in [-0.05, 0) is 67.7 Å². The van der Waals surface area contributed by atoms with Gasteiger partial charge in [0.1, 0.15) is 5.75 Å². The zero-order valence-electron chi connectivity index (χ0n) is 12.1. The molecular formula is C17H25NO. The minimum atomic E-state index is 0.560. The molecule has 0 bridgehead atoms. The van der Waals surface area contributed by atoms with Gasteiger partial charge in [0.05, 0.1) is 7.11 Å². The van der Waals surface area contributed by atoms with Crippen molar-refractivity contribution < 1.29 is 4.74 Å². The number of rotatable bonds is 3. The van der Waals surface area contributed by atoms with E-state index in [4.69, 9.17) is 4.74 Å². The Hall–Kier alpha value is -1.02. The van der Waals surface area contributed by atoms with Crippen LogP contribution < -0.4 is 10.1 Å². The first-order chi connectivity index (χ1) is 9.26. The molecule has 3 unspecified atom stereocenters. The smallest absolute Gasteiger partial charge is 0.119 e. The van der Waals surface area contributed by atoms with Gasteiger partial charge in [0.2, 0.25) is 0 Å². The highest BCUT2D eigenvalue weighted by atomic mass is 16.5. The molecule has 3 rings (SSSR count). The zero-order chi connectivity index (χ0) is 13.2. The van der Waals surface area contributed by atoms with Gasteiger partial charge in [0.15, 0.2) is 0 Å². The van der Waals surface area contributed by atoms with Crippen molar-refractivity contribution in [2.75, 3.05) is 7.11 Å². The van der Waals surface area contributed by atoms with Crippen molar-refractivity contribution in [1.82, 2.24) is 5.32 Å². The third kappa shape index (κ3) is 2.79. The lowest BCUT2D eigenvalue weighted by atomic mass is 9.87. The van der Waals surface area contributed by atoms with Crippen LogP contribution in [0.3, 0.4) is 0 Å². The SMILES string of the molecule is COc1ccc2c(c1)CCCC2NC1CCC(C)C1. The van der Waals surface area contributed by atoms with Crippen LogP contribution in [0.4, 0.5) is 0 Å². The fourth-order valence-electron chi connectivity index (χ4n) is 3.73. The summed E-state index contributed by atoms with van der Waals surface area (Å²) in [6, 6.07) is 7.89.